The number of phenolic OH excluding ortho intramolecular Hbond substituents is 1. The van der Waals surface area contributed by atoms with E-state index in [1.54, 1.807) is 12.1 Å². The molecule has 1 fully saturated rings. The van der Waals surface area contributed by atoms with Crippen LogP contribution in [0.15, 0.2) is 24.3 Å². The minimum atomic E-state index is 0.191. The van der Waals surface area contributed by atoms with E-state index in [4.69, 9.17) is 11.6 Å². The maximum Gasteiger partial charge on any atom is 0.141 e. The molecule has 4 nitrogen and oxygen atoms in total. The van der Waals surface area contributed by atoms with Crippen molar-refractivity contribution in [2.24, 2.45) is 0 Å². The first-order valence-electron chi connectivity index (χ1n) is 7.31. The second kappa shape index (κ2) is 6.18. The van der Waals surface area contributed by atoms with Crippen molar-refractivity contribution < 1.29 is 5.11 Å². The van der Waals surface area contributed by atoms with Gasteiger partial charge < -0.3 is 14.9 Å². The van der Waals surface area contributed by atoms with Crippen LogP contribution in [-0.4, -0.2) is 59.7 Å². The van der Waals surface area contributed by atoms with Gasteiger partial charge in [0.05, 0.1) is 5.02 Å². The summed E-state index contributed by atoms with van der Waals surface area (Å²) < 4.78 is 0. The van der Waals surface area contributed by atoms with Gasteiger partial charge in [0.2, 0.25) is 0 Å². The Morgan fingerprint density at radius 1 is 1.14 bits per heavy atom. The van der Waals surface area contributed by atoms with E-state index in [0.29, 0.717) is 10.5 Å². The van der Waals surface area contributed by atoms with Crippen molar-refractivity contribution in [3.8, 4) is 5.75 Å². The quantitative estimate of drug-likeness (QED) is 0.945. The maximum absolute atomic E-state index is 9.93. The zero-order chi connectivity index (χ0) is 14.8. The molecule has 21 heavy (non-hydrogen) atoms. The Morgan fingerprint density at radius 3 is 2.67 bits per heavy atom. The number of aromatic nitrogens is 1. The first-order chi connectivity index (χ1) is 10.1. The van der Waals surface area contributed by atoms with Crippen LogP contribution in [0.4, 0.5) is 0 Å². The van der Waals surface area contributed by atoms with Crippen LogP contribution in [0.1, 0.15) is 5.69 Å². The molecule has 1 aromatic heterocycles. The number of halogens is 1. The molecule has 1 N–H and O–H groups in total. The summed E-state index contributed by atoms with van der Waals surface area (Å²) in [6.45, 7) is 5.49. The number of hydrogen-bond donors (Lipinski definition) is 1. The van der Waals surface area contributed by atoms with E-state index in [1.165, 1.54) is 0 Å². The first kappa shape index (κ1) is 14.6. The predicted molar refractivity (Wildman–Crippen MR) is 86.1 cm³/mol. The third-order valence-electron chi connectivity index (χ3n) is 4.12. The second-order valence-electron chi connectivity index (χ2n) is 5.66. The summed E-state index contributed by atoms with van der Waals surface area (Å²) in [6, 6.07) is 7.25. The minimum absolute atomic E-state index is 0.191. The molecule has 1 saturated heterocycles. The highest BCUT2D eigenvalue weighted by atomic mass is 35.5. The molecule has 0 spiro atoms. The Balaban J connectivity index is 1.71. The molecule has 0 saturated carbocycles. The van der Waals surface area contributed by atoms with E-state index in [1.807, 2.05) is 12.1 Å². The molecular formula is C16H20ClN3O. The first-order valence-corrected chi connectivity index (χ1v) is 7.69. The van der Waals surface area contributed by atoms with Crippen molar-refractivity contribution in [2.45, 2.75) is 6.42 Å². The number of nitrogens with zero attached hydrogens (tertiary/aromatic N) is 3. The highest BCUT2D eigenvalue weighted by molar-refractivity contribution is 6.35. The number of pyridine rings is 1. The van der Waals surface area contributed by atoms with Crippen LogP contribution >= 0.6 is 11.6 Å². The number of piperazine rings is 1. The van der Waals surface area contributed by atoms with Crippen LogP contribution in [0.25, 0.3) is 10.9 Å². The van der Waals surface area contributed by atoms with Crippen molar-refractivity contribution in [3.05, 3.63) is 35.0 Å². The summed E-state index contributed by atoms with van der Waals surface area (Å²) in [6.07, 6.45) is 0.894. The van der Waals surface area contributed by atoms with Gasteiger partial charge in [-0.2, -0.15) is 0 Å². The molecule has 0 radical (unpaired) electrons. The molecule has 0 atom stereocenters. The lowest BCUT2D eigenvalue weighted by atomic mass is 10.1. The smallest absolute Gasteiger partial charge is 0.141 e. The van der Waals surface area contributed by atoms with Gasteiger partial charge in [-0.15, -0.1) is 0 Å². The van der Waals surface area contributed by atoms with E-state index in [2.05, 4.69) is 21.8 Å². The van der Waals surface area contributed by atoms with Gasteiger partial charge in [-0.25, -0.2) is 4.98 Å². The molecular weight excluding hydrogens is 286 g/mol. The molecule has 1 aromatic carbocycles. The van der Waals surface area contributed by atoms with Crippen molar-refractivity contribution in [1.82, 2.24) is 14.8 Å². The van der Waals surface area contributed by atoms with Crippen LogP contribution < -0.4 is 0 Å². The van der Waals surface area contributed by atoms with Crippen LogP contribution in [0.2, 0.25) is 5.02 Å². The lowest BCUT2D eigenvalue weighted by Crippen LogP contribution is -2.45. The third kappa shape index (κ3) is 3.28. The van der Waals surface area contributed by atoms with Crippen LogP contribution in [0, 0.1) is 0 Å². The topological polar surface area (TPSA) is 39.6 Å². The van der Waals surface area contributed by atoms with Crippen molar-refractivity contribution in [1.29, 1.82) is 0 Å². The van der Waals surface area contributed by atoms with E-state index in [-0.39, 0.29) is 5.75 Å². The maximum atomic E-state index is 9.93. The van der Waals surface area contributed by atoms with Crippen molar-refractivity contribution >= 4 is 22.5 Å². The van der Waals surface area contributed by atoms with Gasteiger partial charge in [0.15, 0.2) is 0 Å². The number of hydrogen-bond acceptors (Lipinski definition) is 4. The van der Waals surface area contributed by atoms with Crippen molar-refractivity contribution in [3.63, 3.8) is 0 Å². The highest BCUT2D eigenvalue weighted by Crippen LogP contribution is 2.29. The Kier molecular flexibility index (Phi) is 4.29. The standard InChI is InChI=1S/C16H20ClN3O/c1-19-8-10-20(11-9-19)7-6-12-2-3-13-14(17)4-5-15(21)16(13)18-12/h2-5,21H,6-11H2,1H3. The van der Waals surface area contributed by atoms with E-state index >= 15 is 0 Å². The van der Waals surface area contributed by atoms with Gasteiger partial charge in [0.1, 0.15) is 11.3 Å². The molecule has 0 amide bonds. The number of aromatic hydroxyl groups is 1. The Hall–Kier alpha value is -1.36. The summed E-state index contributed by atoms with van der Waals surface area (Å²) in [5.74, 6) is 0.191. The van der Waals surface area contributed by atoms with Gasteiger partial charge in [-0.05, 0) is 31.3 Å². The van der Waals surface area contributed by atoms with Gasteiger partial charge in [-0.1, -0.05) is 11.6 Å². The van der Waals surface area contributed by atoms with E-state index in [9.17, 15) is 5.11 Å². The summed E-state index contributed by atoms with van der Waals surface area (Å²) in [5, 5.41) is 11.4. The minimum Gasteiger partial charge on any atom is -0.506 e. The monoisotopic (exact) mass is 305 g/mol. The summed E-state index contributed by atoms with van der Waals surface area (Å²) in [5.41, 5.74) is 1.59. The van der Waals surface area contributed by atoms with Crippen LogP contribution in [0.5, 0.6) is 5.75 Å². The zero-order valence-electron chi connectivity index (χ0n) is 12.2. The van der Waals surface area contributed by atoms with Gasteiger partial charge >= 0.3 is 0 Å². The number of rotatable bonds is 3. The Morgan fingerprint density at radius 2 is 1.90 bits per heavy atom. The van der Waals surface area contributed by atoms with Gasteiger partial charge in [0.25, 0.3) is 0 Å². The fraction of sp³-hybridized carbons (Fsp3) is 0.438. The highest BCUT2D eigenvalue weighted by Gasteiger charge is 2.14. The molecule has 2 aromatic rings. The normalized spacial score (nSPS) is 17.4. The fourth-order valence-corrected chi connectivity index (χ4v) is 2.91. The average Bonchev–Trinajstić information content (AvgIpc) is 2.50. The zero-order valence-corrected chi connectivity index (χ0v) is 13.0. The molecule has 3 rings (SSSR count). The van der Waals surface area contributed by atoms with Gasteiger partial charge in [0, 0.05) is 50.2 Å². The molecule has 0 aliphatic carbocycles. The second-order valence-corrected chi connectivity index (χ2v) is 6.07. The number of phenols is 1. The van der Waals surface area contributed by atoms with Crippen LogP contribution in [0.3, 0.4) is 0 Å². The number of benzene rings is 1. The lowest BCUT2D eigenvalue weighted by molar-refractivity contribution is 0.155. The SMILES string of the molecule is CN1CCN(CCc2ccc3c(Cl)ccc(O)c3n2)CC1. The molecule has 2 heterocycles. The number of likely N-dealkylation sites (N-methyl/N-ethyl adjacent to an activating group) is 1. The fourth-order valence-electron chi connectivity index (χ4n) is 2.69. The lowest BCUT2D eigenvalue weighted by Gasteiger charge is -2.32. The summed E-state index contributed by atoms with van der Waals surface area (Å²) in [4.78, 5) is 9.38. The van der Waals surface area contributed by atoms with E-state index < -0.39 is 0 Å². The molecule has 0 unspecified atom stereocenters. The molecule has 112 valence electrons. The summed E-state index contributed by atoms with van der Waals surface area (Å²) in [7, 11) is 2.16. The van der Waals surface area contributed by atoms with Crippen molar-refractivity contribution in [2.75, 3.05) is 39.8 Å². The molecule has 5 heteroatoms. The Labute approximate surface area is 129 Å². The average molecular weight is 306 g/mol. The molecule has 1 aliphatic rings. The third-order valence-corrected chi connectivity index (χ3v) is 4.45. The van der Waals surface area contributed by atoms with Crippen LogP contribution in [-0.2, 0) is 6.42 Å². The molecule has 0 bridgehead atoms. The van der Waals surface area contributed by atoms with E-state index in [0.717, 1.165) is 50.2 Å². The number of fused-ring (bicyclic) bond motifs is 1. The largest absolute Gasteiger partial charge is 0.506 e. The molecule has 1 aliphatic heterocycles. The Bertz CT molecular complexity index is 639. The summed E-state index contributed by atoms with van der Waals surface area (Å²) >= 11 is 6.13. The van der Waals surface area contributed by atoms with Gasteiger partial charge in [-0.3, -0.25) is 0 Å². The predicted octanol–water partition coefficient (Wildman–Crippen LogP) is 2.38.